The lowest BCUT2D eigenvalue weighted by atomic mass is 10.1. The van der Waals surface area contributed by atoms with E-state index in [1.165, 1.54) is 19.3 Å². The van der Waals surface area contributed by atoms with Crippen molar-refractivity contribution in [3.8, 4) is 0 Å². The van der Waals surface area contributed by atoms with Crippen LogP contribution in [0.2, 0.25) is 0 Å². The topological polar surface area (TPSA) is 52.6 Å². The molecule has 0 radical (unpaired) electrons. The number of carbonyl (C=O) groups is 2. The molecule has 0 fully saturated rings. The van der Waals surface area contributed by atoms with E-state index >= 15 is 0 Å². The van der Waals surface area contributed by atoms with E-state index in [4.69, 9.17) is 9.47 Å². The van der Waals surface area contributed by atoms with E-state index in [1.54, 1.807) is 0 Å². The van der Waals surface area contributed by atoms with Crippen molar-refractivity contribution in [3.05, 3.63) is 0 Å². The molecule has 1 atom stereocenters. The van der Waals surface area contributed by atoms with Crippen LogP contribution < -0.4 is 0 Å². The molecular formula is C16H30O4. The molecule has 0 aromatic rings. The van der Waals surface area contributed by atoms with Crippen molar-refractivity contribution in [3.63, 3.8) is 0 Å². The van der Waals surface area contributed by atoms with E-state index in [9.17, 15) is 9.59 Å². The summed E-state index contributed by atoms with van der Waals surface area (Å²) in [5.41, 5.74) is 0. The van der Waals surface area contributed by atoms with Gasteiger partial charge >= 0.3 is 11.9 Å². The Labute approximate surface area is 123 Å². The highest BCUT2D eigenvalue weighted by Gasteiger charge is 2.14. The number of carbonyl (C=O) groups excluding carboxylic acids is 2. The lowest BCUT2D eigenvalue weighted by Gasteiger charge is -2.16. The predicted octanol–water partition coefficient (Wildman–Crippen LogP) is 3.87. The molecule has 4 heteroatoms. The SMILES string of the molecule is CCCCCCCOC(=O)CCC(=O)OC(C)C(C)C. The molecule has 0 aromatic carbocycles. The van der Waals surface area contributed by atoms with Gasteiger partial charge in [0.2, 0.25) is 0 Å². The summed E-state index contributed by atoms with van der Waals surface area (Å²) < 4.78 is 10.3. The summed E-state index contributed by atoms with van der Waals surface area (Å²) in [5.74, 6) is -0.352. The summed E-state index contributed by atoms with van der Waals surface area (Å²) >= 11 is 0. The van der Waals surface area contributed by atoms with Crippen molar-refractivity contribution in [2.24, 2.45) is 5.92 Å². The van der Waals surface area contributed by atoms with Gasteiger partial charge in [0.1, 0.15) is 6.10 Å². The third-order valence-corrected chi connectivity index (χ3v) is 3.30. The summed E-state index contributed by atoms with van der Waals surface area (Å²) in [6, 6.07) is 0. The van der Waals surface area contributed by atoms with Crippen molar-refractivity contribution >= 4 is 11.9 Å². The summed E-state index contributed by atoms with van der Waals surface area (Å²) in [7, 11) is 0. The predicted molar refractivity (Wildman–Crippen MR) is 79.3 cm³/mol. The van der Waals surface area contributed by atoms with E-state index in [0.717, 1.165) is 12.8 Å². The first-order valence-corrected chi connectivity index (χ1v) is 7.82. The van der Waals surface area contributed by atoms with E-state index < -0.39 is 0 Å². The summed E-state index contributed by atoms with van der Waals surface area (Å²) in [4.78, 5) is 22.9. The first kappa shape index (κ1) is 18.9. The maximum Gasteiger partial charge on any atom is 0.306 e. The van der Waals surface area contributed by atoms with Crippen molar-refractivity contribution < 1.29 is 19.1 Å². The van der Waals surface area contributed by atoms with Gasteiger partial charge in [-0.1, -0.05) is 46.5 Å². The molecule has 0 aromatic heterocycles. The molecule has 0 heterocycles. The van der Waals surface area contributed by atoms with Crippen LogP contribution in [-0.4, -0.2) is 24.6 Å². The van der Waals surface area contributed by atoms with Crippen LogP contribution in [0.5, 0.6) is 0 Å². The lowest BCUT2D eigenvalue weighted by Crippen LogP contribution is -2.20. The Hall–Kier alpha value is -1.06. The molecule has 118 valence electrons. The minimum absolute atomic E-state index is 0.103. The minimum atomic E-state index is -0.328. The molecule has 0 saturated carbocycles. The molecule has 0 saturated heterocycles. The Morgan fingerprint density at radius 2 is 1.50 bits per heavy atom. The van der Waals surface area contributed by atoms with Gasteiger partial charge in [-0.05, 0) is 19.3 Å². The Kier molecular flexibility index (Phi) is 11.1. The normalized spacial score (nSPS) is 12.2. The fourth-order valence-electron chi connectivity index (χ4n) is 1.57. The van der Waals surface area contributed by atoms with Gasteiger partial charge in [-0.2, -0.15) is 0 Å². The summed E-state index contributed by atoms with van der Waals surface area (Å²) in [5, 5.41) is 0. The number of unbranched alkanes of at least 4 members (excludes halogenated alkanes) is 4. The number of esters is 2. The van der Waals surface area contributed by atoms with E-state index in [1.807, 2.05) is 20.8 Å². The van der Waals surface area contributed by atoms with Crippen LogP contribution in [-0.2, 0) is 19.1 Å². The van der Waals surface area contributed by atoms with Crippen LogP contribution in [0.25, 0.3) is 0 Å². The smallest absolute Gasteiger partial charge is 0.306 e. The molecule has 0 bridgehead atoms. The largest absolute Gasteiger partial charge is 0.466 e. The molecule has 0 aliphatic carbocycles. The Morgan fingerprint density at radius 3 is 2.10 bits per heavy atom. The molecule has 20 heavy (non-hydrogen) atoms. The van der Waals surface area contributed by atoms with Crippen LogP contribution in [0, 0.1) is 5.92 Å². The second kappa shape index (κ2) is 11.7. The molecule has 0 aliphatic rings. The van der Waals surface area contributed by atoms with Gasteiger partial charge in [0.25, 0.3) is 0 Å². The second-order valence-corrected chi connectivity index (χ2v) is 5.57. The van der Waals surface area contributed by atoms with E-state index in [0.29, 0.717) is 6.61 Å². The van der Waals surface area contributed by atoms with Gasteiger partial charge < -0.3 is 9.47 Å². The van der Waals surface area contributed by atoms with Gasteiger partial charge in [-0.25, -0.2) is 0 Å². The van der Waals surface area contributed by atoms with Crippen LogP contribution in [0.15, 0.2) is 0 Å². The highest BCUT2D eigenvalue weighted by Crippen LogP contribution is 2.08. The minimum Gasteiger partial charge on any atom is -0.466 e. The molecule has 0 N–H and O–H groups in total. The summed E-state index contributed by atoms with van der Waals surface area (Å²) in [6.07, 6.45) is 5.72. The van der Waals surface area contributed by atoms with Crippen LogP contribution >= 0.6 is 0 Å². The standard InChI is InChI=1S/C16H30O4/c1-5-6-7-8-9-12-19-15(17)10-11-16(18)20-14(4)13(2)3/h13-14H,5-12H2,1-4H3. The molecular weight excluding hydrogens is 256 g/mol. The van der Waals surface area contributed by atoms with Gasteiger partial charge in [0.05, 0.1) is 19.4 Å². The van der Waals surface area contributed by atoms with Gasteiger partial charge in [0.15, 0.2) is 0 Å². The maximum absolute atomic E-state index is 11.5. The zero-order valence-electron chi connectivity index (χ0n) is 13.4. The zero-order chi connectivity index (χ0) is 15.4. The van der Waals surface area contributed by atoms with Gasteiger partial charge in [-0.3, -0.25) is 9.59 Å². The quantitative estimate of drug-likeness (QED) is 0.427. The van der Waals surface area contributed by atoms with Crippen LogP contribution in [0.1, 0.15) is 72.6 Å². The Bertz CT molecular complexity index is 274. The lowest BCUT2D eigenvalue weighted by molar-refractivity contribution is -0.154. The second-order valence-electron chi connectivity index (χ2n) is 5.57. The molecule has 1 unspecified atom stereocenters. The number of hydrogen-bond donors (Lipinski definition) is 0. The number of ether oxygens (including phenoxy) is 2. The van der Waals surface area contributed by atoms with Crippen molar-refractivity contribution in [1.82, 2.24) is 0 Å². The fraction of sp³-hybridized carbons (Fsp3) is 0.875. The Balaban J connectivity index is 3.55. The average Bonchev–Trinajstić information content (AvgIpc) is 2.40. The molecule has 0 rings (SSSR count). The fourth-order valence-corrected chi connectivity index (χ4v) is 1.57. The van der Waals surface area contributed by atoms with E-state index in [-0.39, 0.29) is 36.8 Å². The van der Waals surface area contributed by atoms with Gasteiger partial charge in [0, 0.05) is 0 Å². The van der Waals surface area contributed by atoms with E-state index in [2.05, 4.69) is 6.92 Å². The Morgan fingerprint density at radius 1 is 0.900 bits per heavy atom. The van der Waals surface area contributed by atoms with Crippen molar-refractivity contribution in [2.45, 2.75) is 78.7 Å². The van der Waals surface area contributed by atoms with Crippen molar-refractivity contribution in [1.29, 1.82) is 0 Å². The zero-order valence-corrected chi connectivity index (χ0v) is 13.4. The third kappa shape index (κ3) is 10.8. The van der Waals surface area contributed by atoms with Gasteiger partial charge in [-0.15, -0.1) is 0 Å². The summed E-state index contributed by atoms with van der Waals surface area (Å²) in [6.45, 7) is 8.46. The average molecular weight is 286 g/mol. The highest BCUT2D eigenvalue weighted by molar-refractivity contribution is 5.77. The maximum atomic E-state index is 11.5. The van der Waals surface area contributed by atoms with Crippen molar-refractivity contribution in [2.75, 3.05) is 6.61 Å². The molecule has 0 spiro atoms. The molecule has 4 nitrogen and oxygen atoms in total. The number of hydrogen-bond acceptors (Lipinski definition) is 4. The monoisotopic (exact) mass is 286 g/mol. The number of rotatable bonds is 11. The highest BCUT2D eigenvalue weighted by atomic mass is 16.5. The van der Waals surface area contributed by atoms with Crippen LogP contribution in [0.3, 0.4) is 0 Å². The molecule has 0 amide bonds. The first-order valence-electron chi connectivity index (χ1n) is 7.82. The third-order valence-electron chi connectivity index (χ3n) is 3.30. The first-order chi connectivity index (χ1) is 9.47. The van der Waals surface area contributed by atoms with Crippen LogP contribution in [0.4, 0.5) is 0 Å². The molecule has 0 aliphatic heterocycles.